The third-order valence-corrected chi connectivity index (χ3v) is 7.11. The van der Waals surface area contributed by atoms with Gasteiger partial charge in [0.25, 0.3) is 0 Å². The van der Waals surface area contributed by atoms with Gasteiger partial charge in [0.15, 0.2) is 5.76 Å². The van der Waals surface area contributed by atoms with Gasteiger partial charge in [-0.25, -0.2) is 0 Å². The molecule has 3 aliphatic heterocycles. The van der Waals surface area contributed by atoms with E-state index in [9.17, 15) is 0 Å². The van der Waals surface area contributed by atoms with Crippen LogP contribution in [0.15, 0.2) is 53.1 Å². The van der Waals surface area contributed by atoms with E-state index >= 15 is 0 Å². The van der Waals surface area contributed by atoms with Crippen molar-refractivity contribution in [1.82, 2.24) is 20.0 Å². The largest absolute Gasteiger partial charge is 0.463 e. The fraction of sp³-hybridized carbons (Fsp3) is 0.480. The Bertz CT molecular complexity index is 992. The summed E-state index contributed by atoms with van der Waals surface area (Å²) in [7, 11) is 6.23. The zero-order chi connectivity index (χ0) is 21.4. The number of hydrogen-bond acceptors (Lipinski definition) is 5. The van der Waals surface area contributed by atoms with Crippen molar-refractivity contribution in [3.8, 4) is 11.5 Å². The van der Waals surface area contributed by atoms with Crippen LogP contribution in [0.1, 0.15) is 30.0 Å². The Labute approximate surface area is 184 Å². The molecule has 5 heterocycles. The van der Waals surface area contributed by atoms with Gasteiger partial charge in [-0.3, -0.25) is 9.58 Å². The Morgan fingerprint density at radius 1 is 1.19 bits per heavy atom. The molecule has 0 saturated carbocycles. The number of furan rings is 1. The smallest absolute Gasteiger partial charge is 0.154 e. The van der Waals surface area contributed by atoms with E-state index in [1.54, 1.807) is 6.26 Å². The van der Waals surface area contributed by atoms with Crippen LogP contribution in [-0.4, -0.2) is 54.5 Å². The standard InChI is InChI=1S/C25H33N5O/c1-28(2)20-8-6-18(7-9-20)15-26-16-21-13-19-10-11-30(21)17-22(19)24-14-23(27-29(24)3)25-5-4-12-31-25/h4-9,12,14,19,21-22,26H,10-11,13,15-17H2,1-3H3. The maximum atomic E-state index is 5.56. The minimum Gasteiger partial charge on any atom is -0.463 e. The average molecular weight is 420 g/mol. The first kappa shape index (κ1) is 20.3. The average Bonchev–Trinajstić information content (AvgIpc) is 3.44. The zero-order valence-corrected chi connectivity index (χ0v) is 18.8. The van der Waals surface area contributed by atoms with Crippen molar-refractivity contribution in [1.29, 1.82) is 0 Å². The normalized spacial score (nSPS) is 25.1. The van der Waals surface area contributed by atoms with E-state index in [1.807, 2.05) is 12.1 Å². The molecule has 1 N–H and O–H groups in total. The van der Waals surface area contributed by atoms with Crippen molar-refractivity contribution in [2.75, 3.05) is 38.6 Å². The number of piperidine rings is 3. The molecule has 0 aliphatic carbocycles. The molecule has 4 atom stereocenters. The van der Waals surface area contributed by atoms with E-state index in [0.717, 1.165) is 37.0 Å². The molecule has 3 aromatic rings. The number of anilines is 1. The first-order chi connectivity index (χ1) is 15.1. The first-order valence-electron chi connectivity index (χ1n) is 11.4. The Balaban J connectivity index is 1.19. The third kappa shape index (κ3) is 4.14. The van der Waals surface area contributed by atoms with E-state index in [1.165, 1.54) is 36.3 Å². The molecular formula is C25H33N5O. The molecular weight excluding hydrogens is 386 g/mol. The molecule has 164 valence electrons. The highest BCUT2D eigenvalue weighted by Gasteiger charge is 2.41. The summed E-state index contributed by atoms with van der Waals surface area (Å²) in [6, 6.07) is 15.6. The van der Waals surface area contributed by atoms with Crippen molar-refractivity contribution in [2.45, 2.75) is 31.3 Å². The number of benzene rings is 1. The molecule has 6 nitrogen and oxygen atoms in total. The maximum Gasteiger partial charge on any atom is 0.154 e. The highest BCUT2D eigenvalue weighted by Crippen LogP contribution is 2.42. The molecule has 4 unspecified atom stereocenters. The van der Waals surface area contributed by atoms with E-state index in [4.69, 9.17) is 9.52 Å². The summed E-state index contributed by atoms with van der Waals surface area (Å²) in [4.78, 5) is 4.83. The third-order valence-electron chi connectivity index (χ3n) is 7.11. The molecule has 2 bridgehead atoms. The summed E-state index contributed by atoms with van der Waals surface area (Å²) in [5.41, 5.74) is 4.88. The topological polar surface area (TPSA) is 49.5 Å². The lowest BCUT2D eigenvalue weighted by Crippen LogP contribution is -2.55. The van der Waals surface area contributed by atoms with Crippen LogP contribution in [0.2, 0.25) is 0 Å². The lowest BCUT2D eigenvalue weighted by atomic mass is 9.74. The van der Waals surface area contributed by atoms with Crippen molar-refractivity contribution in [2.24, 2.45) is 13.0 Å². The van der Waals surface area contributed by atoms with Crippen LogP contribution in [-0.2, 0) is 13.6 Å². The van der Waals surface area contributed by atoms with Gasteiger partial charge in [-0.1, -0.05) is 12.1 Å². The van der Waals surface area contributed by atoms with E-state index in [2.05, 4.69) is 71.3 Å². The van der Waals surface area contributed by atoms with Gasteiger partial charge in [0.05, 0.1) is 6.26 Å². The van der Waals surface area contributed by atoms with Gasteiger partial charge in [-0.15, -0.1) is 0 Å². The number of fused-ring (bicyclic) bond motifs is 3. The summed E-state index contributed by atoms with van der Waals surface area (Å²) in [6.07, 6.45) is 4.26. The molecule has 31 heavy (non-hydrogen) atoms. The quantitative estimate of drug-likeness (QED) is 0.633. The summed E-state index contributed by atoms with van der Waals surface area (Å²) in [6.45, 7) is 4.33. The fourth-order valence-electron chi connectivity index (χ4n) is 5.35. The minimum absolute atomic E-state index is 0.560. The molecule has 0 radical (unpaired) electrons. The molecule has 3 saturated heterocycles. The van der Waals surface area contributed by atoms with Gasteiger partial charge in [0, 0.05) is 64.1 Å². The summed E-state index contributed by atoms with van der Waals surface area (Å²) in [5.74, 6) is 2.14. The number of nitrogens with one attached hydrogen (secondary N) is 1. The lowest BCUT2D eigenvalue weighted by molar-refractivity contribution is 0.0282. The maximum absolute atomic E-state index is 5.56. The Kier molecular flexibility index (Phi) is 5.59. The zero-order valence-electron chi connectivity index (χ0n) is 18.8. The van der Waals surface area contributed by atoms with Crippen LogP contribution in [0.5, 0.6) is 0 Å². The van der Waals surface area contributed by atoms with Gasteiger partial charge in [-0.2, -0.15) is 5.10 Å². The van der Waals surface area contributed by atoms with Crippen LogP contribution < -0.4 is 10.2 Å². The summed E-state index contributed by atoms with van der Waals surface area (Å²) in [5, 5.41) is 8.43. The van der Waals surface area contributed by atoms with Crippen LogP contribution in [0.4, 0.5) is 5.69 Å². The molecule has 6 heteroatoms. The van der Waals surface area contributed by atoms with Crippen molar-refractivity contribution in [3.05, 3.63) is 60.0 Å². The van der Waals surface area contributed by atoms with Crippen LogP contribution >= 0.6 is 0 Å². The highest BCUT2D eigenvalue weighted by atomic mass is 16.3. The lowest BCUT2D eigenvalue weighted by Gasteiger charge is -2.50. The van der Waals surface area contributed by atoms with Crippen molar-refractivity contribution < 1.29 is 4.42 Å². The van der Waals surface area contributed by atoms with Crippen molar-refractivity contribution in [3.63, 3.8) is 0 Å². The summed E-state index contributed by atoms with van der Waals surface area (Å²) >= 11 is 0. The monoisotopic (exact) mass is 419 g/mol. The predicted molar refractivity (Wildman–Crippen MR) is 124 cm³/mol. The molecule has 1 aromatic carbocycles. The number of nitrogens with zero attached hydrogens (tertiary/aromatic N) is 4. The van der Waals surface area contributed by atoms with Crippen LogP contribution in [0.3, 0.4) is 0 Å². The SMILES string of the molecule is CN(C)c1ccc(CNCC2CC3CCN2CC3c2cc(-c3ccco3)nn2C)cc1. The first-order valence-corrected chi connectivity index (χ1v) is 11.4. The summed E-state index contributed by atoms with van der Waals surface area (Å²) < 4.78 is 7.62. The minimum atomic E-state index is 0.560. The van der Waals surface area contributed by atoms with Gasteiger partial charge < -0.3 is 14.6 Å². The molecule has 6 rings (SSSR count). The van der Waals surface area contributed by atoms with E-state index in [0.29, 0.717) is 12.0 Å². The number of aryl methyl sites for hydroxylation is 1. The molecule has 0 amide bonds. The van der Waals surface area contributed by atoms with Gasteiger partial charge in [0.2, 0.25) is 0 Å². The van der Waals surface area contributed by atoms with E-state index < -0.39 is 0 Å². The fourth-order valence-corrected chi connectivity index (χ4v) is 5.35. The Morgan fingerprint density at radius 2 is 2.03 bits per heavy atom. The van der Waals surface area contributed by atoms with Crippen LogP contribution in [0, 0.1) is 5.92 Å². The van der Waals surface area contributed by atoms with Gasteiger partial charge in [-0.05, 0) is 61.2 Å². The molecule has 3 aliphatic rings. The molecule has 3 fully saturated rings. The highest BCUT2D eigenvalue weighted by molar-refractivity contribution is 5.52. The number of aromatic nitrogens is 2. The van der Waals surface area contributed by atoms with Gasteiger partial charge in [0.1, 0.15) is 5.69 Å². The van der Waals surface area contributed by atoms with Crippen LogP contribution in [0.25, 0.3) is 11.5 Å². The number of rotatable bonds is 7. The second-order valence-corrected chi connectivity index (χ2v) is 9.29. The Morgan fingerprint density at radius 3 is 2.71 bits per heavy atom. The van der Waals surface area contributed by atoms with Gasteiger partial charge >= 0.3 is 0 Å². The van der Waals surface area contributed by atoms with E-state index in [-0.39, 0.29) is 0 Å². The second-order valence-electron chi connectivity index (χ2n) is 9.29. The van der Waals surface area contributed by atoms with Crippen molar-refractivity contribution >= 4 is 5.69 Å². The predicted octanol–water partition coefficient (Wildman–Crippen LogP) is 3.71. The Hall–Kier alpha value is -2.57. The molecule has 0 spiro atoms. The number of hydrogen-bond donors (Lipinski definition) is 1. The molecule has 2 aromatic heterocycles. The second kappa shape index (κ2) is 8.52.